The normalized spacial score (nSPS) is 31.2. The average molecular weight is 327 g/mol. The van der Waals surface area contributed by atoms with Crippen molar-refractivity contribution in [1.82, 2.24) is 4.90 Å². The SMILES string of the molecule is COc1cc([C@@]23CC[C@@H](O)C[C@@H]2N(C)CC3)ccc1OC(F)F. The zero-order valence-corrected chi connectivity index (χ0v) is 13.5. The van der Waals surface area contributed by atoms with Crippen LogP contribution in [-0.2, 0) is 5.41 Å². The third kappa shape index (κ3) is 2.90. The summed E-state index contributed by atoms with van der Waals surface area (Å²) in [6.45, 7) is -1.90. The number of hydrogen-bond acceptors (Lipinski definition) is 4. The van der Waals surface area contributed by atoms with Crippen LogP contribution in [0.25, 0.3) is 0 Å². The Morgan fingerprint density at radius 2 is 2.09 bits per heavy atom. The molecule has 4 nitrogen and oxygen atoms in total. The molecule has 0 bridgehead atoms. The summed E-state index contributed by atoms with van der Waals surface area (Å²) in [5, 5.41) is 10.0. The van der Waals surface area contributed by atoms with Gasteiger partial charge in [-0.25, -0.2) is 0 Å². The molecule has 3 rings (SSSR count). The first-order valence-electron chi connectivity index (χ1n) is 7.98. The maximum Gasteiger partial charge on any atom is 0.387 e. The molecular weight excluding hydrogens is 304 g/mol. The summed E-state index contributed by atoms with van der Waals surface area (Å²) in [5.41, 5.74) is 1.03. The maximum absolute atomic E-state index is 12.5. The van der Waals surface area contributed by atoms with E-state index in [0.29, 0.717) is 5.75 Å². The van der Waals surface area contributed by atoms with Crippen LogP contribution in [0.3, 0.4) is 0 Å². The second kappa shape index (κ2) is 6.24. The molecule has 1 N–H and O–H groups in total. The number of likely N-dealkylation sites (N-methyl/N-ethyl adjacent to an activating group) is 1. The van der Waals surface area contributed by atoms with Gasteiger partial charge >= 0.3 is 6.61 Å². The van der Waals surface area contributed by atoms with Crippen molar-refractivity contribution in [2.45, 2.75) is 49.9 Å². The highest BCUT2D eigenvalue weighted by Gasteiger charge is 2.50. The third-order valence-electron chi connectivity index (χ3n) is 5.45. The number of alkyl halides is 2. The molecule has 1 aliphatic heterocycles. The van der Waals surface area contributed by atoms with Crippen LogP contribution in [0.15, 0.2) is 18.2 Å². The molecule has 1 saturated heterocycles. The van der Waals surface area contributed by atoms with Gasteiger partial charge in [-0.2, -0.15) is 8.78 Å². The lowest BCUT2D eigenvalue weighted by atomic mass is 9.65. The zero-order chi connectivity index (χ0) is 16.6. The number of hydrogen-bond donors (Lipinski definition) is 1. The molecule has 1 aromatic rings. The Bertz CT molecular complexity index is 569. The number of methoxy groups -OCH3 is 1. The van der Waals surface area contributed by atoms with E-state index in [-0.39, 0.29) is 23.3 Å². The van der Waals surface area contributed by atoms with E-state index >= 15 is 0 Å². The molecule has 1 aliphatic carbocycles. The second-order valence-corrected chi connectivity index (χ2v) is 6.57. The summed E-state index contributed by atoms with van der Waals surface area (Å²) >= 11 is 0. The highest BCUT2D eigenvalue weighted by Crippen LogP contribution is 2.49. The Balaban J connectivity index is 1.96. The van der Waals surface area contributed by atoms with Crippen LogP contribution in [-0.4, -0.2) is 49.5 Å². The zero-order valence-electron chi connectivity index (χ0n) is 13.5. The highest BCUT2D eigenvalue weighted by atomic mass is 19.3. The van der Waals surface area contributed by atoms with Gasteiger partial charge in [0, 0.05) is 11.5 Å². The van der Waals surface area contributed by atoms with Gasteiger partial charge in [-0.15, -0.1) is 0 Å². The number of nitrogens with zero attached hydrogens (tertiary/aromatic N) is 1. The number of rotatable bonds is 4. The molecular formula is C17H23F2NO3. The van der Waals surface area contributed by atoms with Crippen molar-refractivity contribution < 1.29 is 23.4 Å². The number of fused-ring (bicyclic) bond motifs is 1. The van der Waals surface area contributed by atoms with Crippen LogP contribution in [0.5, 0.6) is 11.5 Å². The molecule has 0 radical (unpaired) electrons. The van der Waals surface area contributed by atoms with Crippen molar-refractivity contribution in [3.63, 3.8) is 0 Å². The third-order valence-corrected chi connectivity index (χ3v) is 5.45. The van der Waals surface area contributed by atoms with Gasteiger partial charge in [-0.3, -0.25) is 0 Å². The minimum atomic E-state index is -2.87. The molecule has 1 saturated carbocycles. The number of aliphatic hydroxyl groups excluding tert-OH is 1. The molecule has 0 unspecified atom stereocenters. The summed E-state index contributed by atoms with van der Waals surface area (Å²) in [4.78, 5) is 2.29. The molecule has 0 aromatic heterocycles. The lowest BCUT2D eigenvalue weighted by molar-refractivity contribution is -0.0512. The van der Waals surface area contributed by atoms with Crippen LogP contribution in [0.1, 0.15) is 31.2 Å². The van der Waals surface area contributed by atoms with E-state index in [2.05, 4.69) is 16.7 Å². The fourth-order valence-electron chi connectivity index (χ4n) is 4.27. The summed E-state index contributed by atoms with van der Waals surface area (Å²) in [5.74, 6) is 0.387. The Morgan fingerprint density at radius 1 is 1.30 bits per heavy atom. The number of halogens is 2. The van der Waals surface area contributed by atoms with E-state index in [1.54, 1.807) is 6.07 Å². The topological polar surface area (TPSA) is 41.9 Å². The van der Waals surface area contributed by atoms with E-state index in [0.717, 1.165) is 37.8 Å². The number of likely N-dealkylation sites (tertiary alicyclic amines) is 1. The average Bonchev–Trinajstić information content (AvgIpc) is 2.85. The fourth-order valence-corrected chi connectivity index (χ4v) is 4.27. The molecule has 0 spiro atoms. The molecule has 0 amide bonds. The first-order chi connectivity index (χ1) is 11.0. The largest absolute Gasteiger partial charge is 0.493 e. The standard InChI is InChI=1S/C17H23F2NO3/c1-20-8-7-17(6-5-12(21)10-15(17)20)11-3-4-13(23-16(18)19)14(9-11)22-2/h3-4,9,12,15-16,21H,5-8,10H2,1-2H3/t12-,15+,17+/m1/s1. The quantitative estimate of drug-likeness (QED) is 0.923. The van der Waals surface area contributed by atoms with Crippen molar-refractivity contribution in [2.75, 3.05) is 20.7 Å². The Labute approximate surface area is 135 Å². The molecule has 2 fully saturated rings. The Morgan fingerprint density at radius 3 is 2.78 bits per heavy atom. The van der Waals surface area contributed by atoms with Gasteiger partial charge in [-0.1, -0.05) is 6.07 Å². The van der Waals surface area contributed by atoms with Gasteiger partial charge in [-0.05, 0) is 57.0 Å². The van der Waals surface area contributed by atoms with E-state index in [4.69, 9.17) is 4.74 Å². The molecule has 2 aliphatic rings. The van der Waals surface area contributed by atoms with Gasteiger partial charge in [0.1, 0.15) is 0 Å². The molecule has 128 valence electrons. The molecule has 1 heterocycles. The smallest absolute Gasteiger partial charge is 0.387 e. The van der Waals surface area contributed by atoms with E-state index < -0.39 is 6.61 Å². The molecule has 1 aromatic carbocycles. The summed E-state index contributed by atoms with van der Waals surface area (Å²) in [6, 6.07) is 5.51. The van der Waals surface area contributed by atoms with Crippen molar-refractivity contribution in [1.29, 1.82) is 0 Å². The van der Waals surface area contributed by atoms with Crippen LogP contribution >= 0.6 is 0 Å². The van der Waals surface area contributed by atoms with Crippen LogP contribution in [0.4, 0.5) is 8.78 Å². The van der Waals surface area contributed by atoms with Crippen molar-refractivity contribution >= 4 is 0 Å². The van der Waals surface area contributed by atoms with Crippen molar-refractivity contribution in [3.8, 4) is 11.5 Å². The number of aliphatic hydroxyl groups is 1. The van der Waals surface area contributed by atoms with Gasteiger partial charge in [0.15, 0.2) is 11.5 Å². The van der Waals surface area contributed by atoms with Crippen molar-refractivity contribution in [2.24, 2.45) is 0 Å². The fraction of sp³-hybridized carbons (Fsp3) is 0.647. The van der Waals surface area contributed by atoms with Gasteiger partial charge in [0.2, 0.25) is 0 Å². The van der Waals surface area contributed by atoms with Crippen LogP contribution in [0.2, 0.25) is 0 Å². The number of benzene rings is 1. The van der Waals surface area contributed by atoms with Gasteiger partial charge in [0.25, 0.3) is 0 Å². The highest BCUT2D eigenvalue weighted by molar-refractivity contribution is 5.46. The van der Waals surface area contributed by atoms with E-state index in [1.165, 1.54) is 7.11 Å². The minimum absolute atomic E-state index is 0.0510. The molecule has 6 heteroatoms. The predicted octanol–water partition coefficient (Wildman–Crippen LogP) is 2.78. The van der Waals surface area contributed by atoms with Crippen molar-refractivity contribution in [3.05, 3.63) is 23.8 Å². The first-order valence-corrected chi connectivity index (χ1v) is 7.98. The summed E-state index contributed by atoms with van der Waals surface area (Å²) < 4.78 is 34.7. The molecule has 23 heavy (non-hydrogen) atoms. The van der Waals surface area contributed by atoms with Gasteiger partial charge in [0.05, 0.1) is 13.2 Å². The lowest BCUT2D eigenvalue weighted by Crippen LogP contribution is -2.47. The Kier molecular flexibility index (Phi) is 4.47. The molecule has 3 atom stereocenters. The number of ether oxygens (including phenoxy) is 2. The first kappa shape index (κ1) is 16.5. The van der Waals surface area contributed by atoms with Crippen LogP contribution in [0, 0.1) is 0 Å². The van der Waals surface area contributed by atoms with E-state index in [9.17, 15) is 13.9 Å². The van der Waals surface area contributed by atoms with E-state index in [1.807, 2.05) is 12.1 Å². The summed E-state index contributed by atoms with van der Waals surface area (Å²) in [6.07, 6.45) is 3.13. The predicted molar refractivity (Wildman–Crippen MR) is 82.2 cm³/mol. The second-order valence-electron chi connectivity index (χ2n) is 6.57. The minimum Gasteiger partial charge on any atom is -0.493 e. The lowest BCUT2D eigenvalue weighted by Gasteiger charge is -2.43. The van der Waals surface area contributed by atoms with Crippen LogP contribution < -0.4 is 9.47 Å². The monoisotopic (exact) mass is 327 g/mol. The van der Waals surface area contributed by atoms with Gasteiger partial charge < -0.3 is 19.5 Å². The summed E-state index contributed by atoms with van der Waals surface area (Å²) in [7, 11) is 3.54. The Hall–Kier alpha value is -1.40. The maximum atomic E-state index is 12.5.